The Morgan fingerprint density at radius 3 is 2.83 bits per heavy atom. The van der Waals surface area contributed by atoms with Crippen molar-refractivity contribution in [1.82, 2.24) is 0 Å². The van der Waals surface area contributed by atoms with Gasteiger partial charge in [0.05, 0.1) is 6.61 Å². The standard InChI is InChI=1S/C11H11F3O3S/c1-7(11(12,13)14)17-6-9-8(4-5-18-9)2-3-10(15)16/h2-5,7H,6H2,1H3,(H,15,16). The van der Waals surface area contributed by atoms with Gasteiger partial charge in [-0.15, -0.1) is 11.3 Å². The average Bonchev–Trinajstić information content (AvgIpc) is 2.69. The van der Waals surface area contributed by atoms with Gasteiger partial charge >= 0.3 is 12.1 Å². The van der Waals surface area contributed by atoms with Gasteiger partial charge in [-0.05, 0) is 30.0 Å². The van der Waals surface area contributed by atoms with Crippen molar-refractivity contribution in [3.8, 4) is 0 Å². The summed E-state index contributed by atoms with van der Waals surface area (Å²) < 4.78 is 41.4. The minimum atomic E-state index is -4.39. The maximum atomic E-state index is 12.2. The lowest BCUT2D eigenvalue weighted by molar-refractivity contribution is -0.217. The lowest BCUT2D eigenvalue weighted by Gasteiger charge is -2.15. The van der Waals surface area contributed by atoms with Crippen LogP contribution < -0.4 is 0 Å². The molecule has 0 aliphatic rings. The number of thiophene rings is 1. The summed E-state index contributed by atoms with van der Waals surface area (Å²) >= 11 is 1.22. The Labute approximate surface area is 106 Å². The van der Waals surface area contributed by atoms with E-state index in [1.807, 2.05) is 0 Å². The van der Waals surface area contributed by atoms with Crippen molar-refractivity contribution < 1.29 is 27.8 Å². The minimum Gasteiger partial charge on any atom is -0.478 e. The Morgan fingerprint density at radius 2 is 2.28 bits per heavy atom. The lowest BCUT2D eigenvalue weighted by Crippen LogP contribution is -2.28. The van der Waals surface area contributed by atoms with Crippen LogP contribution >= 0.6 is 11.3 Å². The number of halogens is 3. The zero-order chi connectivity index (χ0) is 13.8. The highest BCUT2D eigenvalue weighted by Crippen LogP contribution is 2.25. The molecule has 0 aromatic carbocycles. The third-order valence-electron chi connectivity index (χ3n) is 2.11. The molecule has 0 bridgehead atoms. The molecule has 1 unspecified atom stereocenters. The van der Waals surface area contributed by atoms with Gasteiger partial charge in [-0.3, -0.25) is 0 Å². The van der Waals surface area contributed by atoms with Crippen LogP contribution in [0.15, 0.2) is 17.5 Å². The van der Waals surface area contributed by atoms with Crippen molar-refractivity contribution >= 4 is 23.4 Å². The Kier molecular flexibility index (Phi) is 4.92. The molecule has 0 radical (unpaired) electrons. The van der Waals surface area contributed by atoms with Crippen molar-refractivity contribution in [3.05, 3.63) is 28.0 Å². The van der Waals surface area contributed by atoms with Crippen molar-refractivity contribution in [1.29, 1.82) is 0 Å². The normalized spacial score (nSPS) is 14.0. The highest BCUT2D eigenvalue weighted by Gasteiger charge is 2.36. The molecular weight excluding hydrogens is 269 g/mol. The fraction of sp³-hybridized carbons (Fsp3) is 0.364. The molecule has 1 heterocycles. The minimum absolute atomic E-state index is 0.197. The summed E-state index contributed by atoms with van der Waals surface area (Å²) in [7, 11) is 0. The number of alkyl halides is 3. The van der Waals surface area contributed by atoms with Crippen molar-refractivity contribution in [3.63, 3.8) is 0 Å². The lowest BCUT2D eigenvalue weighted by atomic mass is 10.2. The summed E-state index contributed by atoms with van der Waals surface area (Å²) in [6, 6.07) is 1.63. The Bertz CT molecular complexity index is 437. The zero-order valence-corrected chi connectivity index (χ0v) is 10.2. The third-order valence-corrected chi connectivity index (χ3v) is 3.02. The van der Waals surface area contributed by atoms with Crippen LogP contribution in [0.2, 0.25) is 0 Å². The van der Waals surface area contributed by atoms with Crippen LogP contribution in [0.5, 0.6) is 0 Å². The highest BCUT2D eigenvalue weighted by molar-refractivity contribution is 7.10. The van der Waals surface area contributed by atoms with E-state index in [1.54, 1.807) is 11.4 Å². The van der Waals surface area contributed by atoms with Crippen LogP contribution in [0.1, 0.15) is 17.4 Å². The van der Waals surface area contributed by atoms with E-state index in [0.29, 0.717) is 10.4 Å². The second kappa shape index (κ2) is 6.01. The molecule has 100 valence electrons. The molecule has 7 heteroatoms. The molecule has 0 saturated heterocycles. The zero-order valence-electron chi connectivity index (χ0n) is 9.40. The monoisotopic (exact) mass is 280 g/mol. The number of carboxylic acid groups (broad SMARTS) is 1. The SMILES string of the molecule is CC(OCc1sccc1C=CC(=O)O)C(F)(F)F. The van der Waals surface area contributed by atoms with Gasteiger partial charge in [-0.1, -0.05) is 0 Å². The maximum Gasteiger partial charge on any atom is 0.414 e. The van der Waals surface area contributed by atoms with E-state index in [0.717, 1.165) is 13.0 Å². The number of hydrogen-bond acceptors (Lipinski definition) is 3. The number of aliphatic carboxylic acids is 1. The summed E-state index contributed by atoms with van der Waals surface area (Å²) in [6.45, 7) is 0.734. The fourth-order valence-corrected chi connectivity index (χ4v) is 1.86. The highest BCUT2D eigenvalue weighted by atomic mass is 32.1. The van der Waals surface area contributed by atoms with Gasteiger partial charge in [0.1, 0.15) is 0 Å². The van der Waals surface area contributed by atoms with Gasteiger partial charge in [0.2, 0.25) is 0 Å². The topological polar surface area (TPSA) is 46.5 Å². The molecule has 1 rings (SSSR count). The second-order valence-corrected chi connectivity index (χ2v) is 4.47. The summed E-state index contributed by atoms with van der Waals surface area (Å²) in [5.41, 5.74) is 0.553. The molecule has 1 aromatic rings. The molecule has 0 saturated carbocycles. The quantitative estimate of drug-likeness (QED) is 0.842. The molecule has 1 atom stereocenters. The first-order valence-corrected chi connectivity index (χ1v) is 5.84. The molecule has 0 amide bonds. The number of hydrogen-bond donors (Lipinski definition) is 1. The molecule has 18 heavy (non-hydrogen) atoms. The summed E-state index contributed by atoms with van der Waals surface area (Å²) in [6.07, 6.45) is -3.99. The van der Waals surface area contributed by atoms with Crippen LogP contribution in [0.3, 0.4) is 0 Å². The Hall–Kier alpha value is -1.34. The molecule has 1 aromatic heterocycles. The van der Waals surface area contributed by atoms with Gasteiger partial charge in [0, 0.05) is 11.0 Å². The summed E-state index contributed by atoms with van der Waals surface area (Å²) in [5.74, 6) is -1.11. The van der Waals surface area contributed by atoms with E-state index in [9.17, 15) is 18.0 Å². The Morgan fingerprint density at radius 1 is 1.61 bits per heavy atom. The first-order valence-electron chi connectivity index (χ1n) is 4.96. The molecule has 0 aliphatic carbocycles. The van der Waals surface area contributed by atoms with Gasteiger partial charge in [-0.25, -0.2) is 4.79 Å². The molecule has 0 spiro atoms. The smallest absolute Gasteiger partial charge is 0.414 e. The largest absolute Gasteiger partial charge is 0.478 e. The van der Waals surface area contributed by atoms with E-state index in [-0.39, 0.29) is 6.61 Å². The number of carbonyl (C=O) groups is 1. The third kappa shape index (κ3) is 4.50. The van der Waals surface area contributed by atoms with Crippen LogP contribution in [0, 0.1) is 0 Å². The molecule has 3 nitrogen and oxygen atoms in total. The summed E-state index contributed by atoms with van der Waals surface area (Å²) in [5, 5.41) is 10.1. The van der Waals surface area contributed by atoms with Gasteiger partial charge in [0.25, 0.3) is 0 Å². The predicted molar refractivity (Wildman–Crippen MR) is 61.3 cm³/mol. The van der Waals surface area contributed by atoms with E-state index < -0.39 is 18.2 Å². The fourth-order valence-electron chi connectivity index (χ4n) is 1.07. The van der Waals surface area contributed by atoms with E-state index in [4.69, 9.17) is 9.84 Å². The summed E-state index contributed by atoms with van der Waals surface area (Å²) in [4.78, 5) is 10.9. The van der Waals surface area contributed by atoms with E-state index in [1.165, 1.54) is 17.4 Å². The van der Waals surface area contributed by atoms with Crippen LogP contribution in [0.25, 0.3) is 6.08 Å². The van der Waals surface area contributed by atoms with Crippen LogP contribution in [-0.4, -0.2) is 23.4 Å². The molecular formula is C11H11F3O3S. The average molecular weight is 280 g/mol. The van der Waals surface area contributed by atoms with Crippen molar-refractivity contribution in [2.45, 2.75) is 25.8 Å². The number of ether oxygens (including phenoxy) is 1. The van der Waals surface area contributed by atoms with Crippen LogP contribution in [-0.2, 0) is 16.1 Å². The van der Waals surface area contributed by atoms with Crippen molar-refractivity contribution in [2.24, 2.45) is 0 Å². The predicted octanol–water partition coefficient (Wildman–Crippen LogP) is 3.31. The number of rotatable bonds is 5. The maximum absolute atomic E-state index is 12.2. The first kappa shape index (κ1) is 14.7. The van der Waals surface area contributed by atoms with Gasteiger partial charge < -0.3 is 9.84 Å². The van der Waals surface area contributed by atoms with E-state index >= 15 is 0 Å². The second-order valence-electron chi connectivity index (χ2n) is 3.47. The molecule has 0 fully saturated rings. The van der Waals surface area contributed by atoms with Crippen LogP contribution in [0.4, 0.5) is 13.2 Å². The Balaban J connectivity index is 2.64. The van der Waals surface area contributed by atoms with Gasteiger partial charge in [0.15, 0.2) is 6.10 Å². The van der Waals surface area contributed by atoms with Crippen molar-refractivity contribution in [2.75, 3.05) is 0 Å². The first-order chi connectivity index (χ1) is 8.30. The number of carboxylic acids is 1. The van der Waals surface area contributed by atoms with Gasteiger partial charge in [-0.2, -0.15) is 13.2 Å². The molecule has 1 N–H and O–H groups in total. The molecule has 0 aliphatic heterocycles. The van der Waals surface area contributed by atoms with E-state index in [2.05, 4.69) is 0 Å².